The van der Waals surface area contributed by atoms with E-state index >= 15 is 0 Å². The molecule has 253 valence electrons. The second-order valence-corrected chi connectivity index (χ2v) is 16.9. The van der Waals surface area contributed by atoms with Gasteiger partial charge in [0.15, 0.2) is 7.28 Å². The Morgan fingerprint density at radius 1 is 0.436 bits per heavy atom. The molecule has 2 nitrogen and oxygen atoms in total. The quantitative estimate of drug-likeness (QED) is 0.175. The minimum atomic E-state index is 1.16. The van der Waals surface area contributed by atoms with Crippen LogP contribution in [0.2, 0.25) is 0 Å². The van der Waals surface area contributed by atoms with E-state index in [0.29, 0.717) is 0 Å². The number of fused-ring (bicyclic) bond motifs is 13. The minimum absolute atomic E-state index is 1.16. The summed E-state index contributed by atoms with van der Waals surface area (Å²) in [5.74, 6) is 0. The molecule has 0 saturated heterocycles. The highest BCUT2D eigenvalue weighted by molar-refractivity contribution is 7.26. The smallest absolute Gasteiger partial charge is 0.197 e. The van der Waals surface area contributed by atoms with E-state index < -0.39 is 0 Å². The first-order valence-electron chi connectivity index (χ1n) is 18.7. The number of aromatic nitrogens is 1. The normalized spacial score (nSPS) is 12.8. The van der Waals surface area contributed by atoms with Gasteiger partial charge in [-0.25, -0.2) is 0 Å². The van der Waals surface area contributed by atoms with Crippen molar-refractivity contribution in [2.24, 2.45) is 0 Å². The minimum Gasteiger partial charge on any atom is -0.354 e. The Kier molecular flexibility index (Phi) is 6.04. The zero-order chi connectivity index (χ0) is 35.8. The van der Waals surface area contributed by atoms with Crippen molar-refractivity contribution in [3.05, 3.63) is 164 Å². The lowest BCUT2D eigenvalue weighted by molar-refractivity contribution is 1.31. The third kappa shape index (κ3) is 4.25. The molecular formula is C50H28BN2S2. The molecule has 1 N–H and O–H groups in total. The number of H-pyrrole nitrogens is 1. The van der Waals surface area contributed by atoms with Crippen LogP contribution in [0.25, 0.3) is 94.8 Å². The average Bonchev–Trinajstić information content (AvgIpc) is 3.91. The molecule has 0 bridgehead atoms. The molecule has 0 fully saturated rings. The van der Waals surface area contributed by atoms with E-state index in [1.165, 1.54) is 117 Å². The lowest BCUT2D eigenvalue weighted by Gasteiger charge is -2.35. The predicted octanol–water partition coefficient (Wildman–Crippen LogP) is 13.5. The fourth-order valence-electron chi connectivity index (χ4n) is 9.29. The lowest BCUT2D eigenvalue weighted by Crippen LogP contribution is -2.41. The molecule has 9 aromatic carbocycles. The predicted molar refractivity (Wildman–Crippen MR) is 242 cm³/mol. The summed E-state index contributed by atoms with van der Waals surface area (Å²) in [5, 5.41) is 12.7. The van der Waals surface area contributed by atoms with E-state index in [9.17, 15) is 0 Å². The van der Waals surface area contributed by atoms with Gasteiger partial charge in [-0.3, -0.25) is 0 Å². The summed E-state index contributed by atoms with van der Waals surface area (Å²) in [4.78, 5) is 6.46. The van der Waals surface area contributed by atoms with Crippen molar-refractivity contribution in [2.75, 3.05) is 4.90 Å². The van der Waals surface area contributed by atoms with Crippen LogP contribution in [0.15, 0.2) is 164 Å². The van der Waals surface area contributed by atoms with E-state index in [-0.39, 0.29) is 0 Å². The van der Waals surface area contributed by atoms with E-state index in [2.05, 4.69) is 181 Å². The van der Waals surface area contributed by atoms with Crippen molar-refractivity contribution in [3.8, 4) is 11.1 Å². The van der Waals surface area contributed by atoms with Crippen molar-refractivity contribution in [1.29, 1.82) is 0 Å². The van der Waals surface area contributed by atoms with Crippen LogP contribution in [0.3, 0.4) is 0 Å². The Morgan fingerprint density at radius 2 is 1.09 bits per heavy atom. The van der Waals surface area contributed by atoms with Gasteiger partial charge >= 0.3 is 0 Å². The van der Waals surface area contributed by atoms with Crippen LogP contribution in [-0.4, -0.2) is 12.3 Å². The molecule has 3 aromatic heterocycles. The number of aromatic amines is 1. The van der Waals surface area contributed by atoms with Crippen LogP contribution >= 0.6 is 22.7 Å². The van der Waals surface area contributed by atoms with Gasteiger partial charge in [0, 0.05) is 79.3 Å². The fourth-order valence-corrected chi connectivity index (χ4v) is 11.5. The molecule has 1 aliphatic rings. The highest BCUT2D eigenvalue weighted by atomic mass is 32.1. The Morgan fingerprint density at radius 3 is 1.91 bits per heavy atom. The summed E-state index contributed by atoms with van der Waals surface area (Å²) < 4.78 is 5.26. The summed E-state index contributed by atoms with van der Waals surface area (Å²) in [6.45, 7) is 0. The van der Waals surface area contributed by atoms with Crippen molar-refractivity contribution >= 4 is 142 Å². The SMILES string of the molecule is [B]1c2cc3sc4ccccc4c3cc2N(c2ccc3sc4ccccc4c3c2)c2cc3ccccc3c(-c3cccc4c3[nH]c3cc5ccccc5cc34)c21. The van der Waals surface area contributed by atoms with Gasteiger partial charge in [-0.15, -0.1) is 22.7 Å². The van der Waals surface area contributed by atoms with Crippen LogP contribution in [0.5, 0.6) is 0 Å². The molecular weight excluding hydrogens is 704 g/mol. The van der Waals surface area contributed by atoms with Crippen molar-refractivity contribution in [3.63, 3.8) is 0 Å². The highest BCUT2D eigenvalue weighted by Gasteiger charge is 2.31. The highest BCUT2D eigenvalue weighted by Crippen LogP contribution is 2.46. The maximum atomic E-state index is 3.92. The number of hydrogen-bond donors (Lipinski definition) is 1. The number of hydrogen-bond acceptors (Lipinski definition) is 3. The molecule has 0 spiro atoms. The van der Waals surface area contributed by atoms with E-state index in [0.717, 1.165) is 5.52 Å². The third-order valence-electron chi connectivity index (χ3n) is 11.8. The Labute approximate surface area is 324 Å². The second-order valence-electron chi connectivity index (χ2n) is 14.8. The van der Waals surface area contributed by atoms with Crippen molar-refractivity contribution in [2.45, 2.75) is 0 Å². The van der Waals surface area contributed by atoms with Gasteiger partial charge in [0.25, 0.3) is 0 Å². The molecule has 4 heterocycles. The van der Waals surface area contributed by atoms with Crippen molar-refractivity contribution in [1.82, 2.24) is 4.98 Å². The topological polar surface area (TPSA) is 19.0 Å². The Bertz CT molecular complexity index is 3610. The first-order chi connectivity index (χ1) is 27.2. The number of anilines is 3. The first kappa shape index (κ1) is 30.0. The monoisotopic (exact) mass is 731 g/mol. The molecule has 5 heteroatoms. The van der Waals surface area contributed by atoms with Gasteiger partial charge in [0.05, 0.1) is 5.52 Å². The zero-order valence-electron chi connectivity index (χ0n) is 29.4. The van der Waals surface area contributed by atoms with Crippen LogP contribution in [0.1, 0.15) is 0 Å². The first-order valence-corrected chi connectivity index (χ1v) is 20.4. The maximum Gasteiger partial charge on any atom is 0.197 e. The molecule has 0 amide bonds. The fraction of sp³-hybridized carbons (Fsp3) is 0. The maximum absolute atomic E-state index is 3.92. The molecule has 55 heavy (non-hydrogen) atoms. The second kappa shape index (κ2) is 11.1. The zero-order valence-corrected chi connectivity index (χ0v) is 31.1. The summed E-state index contributed by atoms with van der Waals surface area (Å²) >= 11 is 3.75. The van der Waals surface area contributed by atoms with Gasteiger partial charge in [0.2, 0.25) is 0 Å². The standard InChI is InChI=1S/C50H28BN2S2/c1-2-11-29-23-41-37(22-28(29)10-1)35-16-9-17-36(50(35)52-41)48-32-13-4-3-12-30(32)24-43-49(48)51-40-27-47-39(34-15-6-8-19-45(34)55-47)26-42(40)53(43)31-20-21-46-38(25-31)33-14-5-7-18-44(33)54-46/h1-27,52H. The molecule has 0 saturated carbocycles. The number of benzene rings is 9. The molecule has 0 atom stereocenters. The molecule has 1 aliphatic heterocycles. The van der Waals surface area contributed by atoms with E-state index in [1.54, 1.807) is 0 Å². The van der Waals surface area contributed by atoms with Gasteiger partial charge in [-0.05, 0) is 93.2 Å². The Hall–Kier alpha value is -6.40. The van der Waals surface area contributed by atoms with Gasteiger partial charge in [-0.2, -0.15) is 0 Å². The third-order valence-corrected chi connectivity index (χ3v) is 14.0. The number of thiophene rings is 2. The molecule has 13 rings (SSSR count). The summed E-state index contributed by atoms with van der Waals surface area (Å²) in [6, 6.07) is 61.0. The van der Waals surface area contributed by atoms with Gasteiger partial charge < -0.3 is 9.88 Å². The lowest BCUT2D eigenvalue weighted by atomic mass is 9.57. The van der Waals surface area contributed by atoms with Crippen LogP contribution in [0, 0.1) is 0 Å². The largest absolute Gasteiger partial charge is 0.354 e. The number of nitrogens with one attached hydrogen (secondary N) is 1. The molecule has 0 aliphatic carbocycles. The average molecular weight is 732 g/mol. The van der Waals surface area contributed by atoms with Crippen LogP contribution < -0.4 is 15.8 Å². The van der Waals surface area contributed by atoms with E-state index in [1.807, 2.05) is 22.7 Å². The van der Waals surface area contributed by atoms with Gasteiger partial charge in [-0.1, -0.05) is 109 Å². The number of nitrogens with zero attached hydrogens (tertiary/aromatic N) is 1. The molecule has 0 unspecified atom stereocenters. The summed E-state index contributed by atoms with van der Waals surface area (Å²) in [7, 11) is 2.46. The molecule has 12 aromatic rings. The number of para-hydroxylation sites is 1. The molecule has 1 radical (unpaired) electrons. The summed E-state index contributed by atoms with van der Waals surface area (Å²) in [5.41, 5.74) is 10.8. The van der Waals surface area contributed by atoms with Crippen molar-refractivity contribution < 1.29 is 0 Å². The van der Waals surface area contributed by atoms with Crippen LogP contribution in [0.4, 0.5) is 17.1 Å². The van der Waals surface area contributed by atoms with E-state index in [4.69, 9.17) is 0 Å². The Balaban J connectivity index is 1.14. The number of rotatable bonds is 2. The summed E-state index contributed by atoms with van der Waals surface area (Å²) in [6.07, 6.45) is 0. The van der Waals surface area contributed by atoms with Gasteiger partial charge in [0.1, 0.15) is 0 Å². The van der Waals surface area contributed by atoms with Crippen LogP contribution in [-0.2, 0) is 0 Å².